The lowest BCUT2D eigenvalue weighted by molar-refractivity contribution is -0.137. The van der Waals surface area contributed by atoms with Gasteiger partial charge in [-0.1, -0.05) is 36.4 Å². The molecule has 0 fully saturated rings. The lowest BCUT2D eigenvalue weighted by atomic mass is 10.1. The van der Waals surface area contributed by atoms with Gasteiger partial charge in [-0.2, -0.15) is 18.3 Å². The Morgan fingerprint density at radius 1 is 0.917 bits per heavy atom. The standard InChI is InChI=1S/C16H12F3N3O2/c17-16(18,19)13-9-5-4-6-11(13)10-20-22-15(24)14(23)21-12-7-2-1-3-8-12/h1-10H,(H,21,23)(H,22,24)/b20-10-. The Balaban J connectivity index is 1.99. The van der Waals surface area contributed by atoms with E-state index in [0.717, 1.165) is 12.3 Å². The van der Waals surface area contributed by atoms with Gasteiger partial charge >= 0.3 is 18.0 Å². The molecule has 2 N–H and O–H groups in total. The Kier molecular flexibility index (Phi) is 5.31. The van der Waals surface area contributed by atoms with Crippen molar-refractivity contribution in [3.05, 3.63) is 65.7 Å². The molecule has 8 heteroatoms. The second kappa shape index (κ2) is 7.40. The fourth-order valence-electron chi connectivity index (χ4n) is 1.79. The van der Waals surface area contributed by atoms with Crippen LogP contribution in [-0.2, 0) is 15.8 Å². The lowest BCUT2D eigenvalue weighted by Gasteiger charge is -2.09. The van der Waals surface area contributed by atoms with Crippen molar-refractivity contribution in [3.8, 4) is 0 Å². The van der Waals surface area contributed by atoms with Crippen LogP contribution in [0.2, 0.25) is 0 Å². The minimum atomic E-state index is -4.54. The SMILES string of the molecule is O=C(N/N=C\c1ccccc1C(F)(F)F)C(=O)Nc1ccccc1. The summed E-state index contributed by atoms with van der Waals surface area (Å²) in [5.74, 6) is -2.08. The first-order valence-corrected chi connectivity index (χ1v) is 6.73. The maximum Gasteiger partial charge on any atom is 0.417 e. The predicted molar refractivity (Wildman–Crippen MR) is 82.3 cm³/mol. The molecule has 0 atom stereocenters. The molecule has 2 aromatic carbocycles. The van der Waals surface area contributed by atoms with E-state index in [1.54, 1.807) is 30.3 Å². The van der Waals surface area contributed by atoms with Gasteiger partial charge in [0.05, 0.1) is 11.8 Å². The highest BCUT2D eigenvalue weighted by Gasteiger charge is 2.32. The number of benzene rings is 2. The highest BCUT2D eigenvalue weighted by molar-refractivity contribution is 6.39. The summed E-state index contributed by atoms with van der Waals surface area (Å²) in [4.78, 5) is 23.2. The summed E-state index contributed by atoms with van der Waals surface area (Å²) < 4.78 is 38.4. The number of amides is 2. The monoisotopic (exact) mass is 335 g/mol. The Labute approximate surface area is 135 Å². The third-order valence-electron chi connectivity index (χ3n) is 2.87. The van der Waals surface area contributed by atoms with Gasteiger partial charge in [0.15, 0.2) is 0 Å². The molecule has 0 aliphatic heterocycles. The normalized spacial score (nSPS) is 11.3. The van der Waals surface area contributed by atoms with Crippen molar-refractivity contribution >= 4 is 23.7 Å². The summed E-state index contributed by atoms with van der Waals surface area (Å²) in [6.45, 7) is 0. The summed E-state index contributed by atoms with van der Waals surface area (Å²) in [7, 11) is 0. The van der Waals surface area contributed by atoms with Gasteiger partial charge in [-0.15, -0.1) is 0 Å². The van der Waals surface area contributed by atoms with Crippen LogP contribution in [0, 0.1) is 0 Å². The van der Waals surface area contributed by atoms with Crippen molar-refractivity contribution in [3.63, 3.8) is 0 Å². The van der Waals surface area contributed by atoms with E-state index >= 15 is 0 Å². The number of hydrogen-bond acceptors (Lipinski definition) is 3. The van der Waals surface area contributed by atoms with E-state index in [1.807, 2.05) is 5.43 Å². The number of hydrazone groups is 1. The maximum absolute atomic E-state index is 12.8. The van der Waals surface area contributed by atoms with Gasteiger partial charge in [-0.3, -0.25) is 9.59 Å². The van der Waals surface area contributed by atoms with Gasteiger partial charge in [-0.25, -0.2) is 5.43 Å². The molecule has 0 saturated carbocycles. The maximum atomic E-state index is 12.8. The fraction of sp³-hybridized carbons (Fsp3) is 0.0625. The van der Waals surface area contributed by atoms with E-state index in [9.17, 15) is 22.8 Å². The van der Waals surface area contributed by atoms with E-state index in [4.69, 9.17) is 0 Å². The largest absolute Gasteiger partial charge is 0.417 e. The van der Waals surface area contributed by atoms with E-state index < -0.39 is 23.6 Å². The number of nitrogens with zero attached hydrogens (tertiary/aromatic N) is 1. The highest BCUT2D eigenvalue weighted by Crippen LogP contribution is 2.30. The topological polar surface area (TPSA) is 70.6 Å². The van der Waals surface area contributed by atoms with Crippen molar-refractivity contribution in [1.29, 1.82) is 0 Å². The number of nitrogens with one attached hydrogen (secondary N) is 2. The molecule has 0 radical (unpaired) electrons. The number of hydrogen-bond donors (Lipinski definition) is 2. The fourth-order valence-corrected chi connectivity index (χ4v) is 1.79. The first-order valence-electron chi connectivity index (χ1n) is 6.73. The summed E-state index contributed by atoms with van der Waals surface area (Å²) in [6, 6.07) is 13.0. The number of rotatable bonds is 3. The van der Waals surface area contributed by atoms with Crippen LogP contribution < -0.4 is 10.7 Å². The van der Waals surface area contributed by atoms with Gasteiger partial charge in [-0.05, 0) is 18.2 Å². The second-order valence-electron chi connectivity index (χ2n) is 4.60. The molecule has 0 aromatic heterocycles. The van der Waals surface area contributed by atoms with Crippen LogP contribution in [0.5, 0.6) is 0 Å². The number of anilines is 1. The summed E-state index contributed by atoms with van der Waals surface area (Å²) >= 11 is 0. The van der Waals surface area contributed by atoms with Crippen molar-refractivity contribution in [2.45, 2.75) is 6.18 Å². The number of alkyl halides is 3. The van der Waals surface area contributed by atoms with Crippen molar-refractivity contribution in [1.82, 2.24) is 5.43 Å². The zero-order valence-corrected chi connectivity index (χ0v) is 12.2. The van der Waals surface area contributed by atoms with Gasteiger partial charge in [0.1, 0.15) is 0 Å². The van der Waals surface area contributed by atoms with Gasteiger partial charge in [0.25, 0.3) is 0 Å². The number of carbonyl (C=O) groups excluding carboxylic acids is 2. The molecule has 2 rings (SSSR count). The molecule has 0 saturated heterocycles. The molecule has 124 valence electrons. The quantitative estimate of drug-likeness (QED) is 0.514. The first-order chi connectivity index (χ1) is 11.4. The van der Waals surface area contributed by atoms with E-state index in [2.05, 4.69) is 10.4 Å². The van der Waals surface area contributed by atoms with E-state index in [1.165, 1.54) is 18.2 Å². The van der Waals surface area contributed by atoms with Crippen LogP contribution in [0.4, 0.5) is 18.9 Å². The van der Waals surface area contributed by atoms with Crippen molar-refractivity contribution in [2.75, 3.05) is 5.32 Å². The molecule has 24 heavy (non-hydrogen) atoms. The van der Waals surface area contributed by atoms with E-state index in [-0.39, 0.29) is 5.56 Å². The van der Waals surface area contributed by atoms with Crippen LogP contribution in [-0.4, -0.2) is 18.0 Å². The van der Waals surface area contributed by atoms with Crippen molar-refractivity contribution < 1.29 is 22.8 Å². The molecule has 0 aliphatic rings. The second-order valence-corrected chi connectivity index (χ2v) is 4.60. The third kappa shape index (κ3) is 4.67. The van der Waals surface area contributed by atoms with Gasteiger partial charge in [0.2, 0.25) is 0 Å². The van der Waals surface area contributed by atoms with Gasteiger partial charge < -0.3 is 5.32 Å². The van der Waals surface area contributed by atoms with Crippen LogP contribution in [0.25, 0.3) is 0 Å². The van der Waals surface area contributed by atoms with Crippen LogP contribution in [0.1, 0.15) is 11.1 Å². The molecule has 0 bridgehead atoms. The molecule has 0 aliphatic carbocycles. The average Bonchev–Trinajstić information content (AvgIpc) is 2.55. The Hall–Kier alpha value is -3.16. The molecular weight excluding hydrogens is 323 g/mol. The first kappa shape index (κ1) is 17.2. The Morgan fingerprint density at radius 3 is 2.21 bits per heavy atom. The summed E-state index contributed by atoms with van der Waals surface area (Å²) in [6.07, 6.45) is -3.71. The third-order valence-corrected chi connectivity index (χ3v) is 2.87. The van der Waals surface area contributed by atoms with Crippen LogP contribution in [0.15, 0.2) is 59.7 Å². The smallest absolute Gasteiger partial charge is 0.318 e. The summed E-state index contributed by atoms with van der Waals surface area (Å²) in [5, 5.41) is 5.71. The molecule has 2 aromatic rings. The number of para-hydroxylation sites is 1. The molecular formula is C16H12F3N3O2. The molecule has 5 nitrogen and oxygen atoms in total. The predicted octanol–water partition coefficient (Wildman–Crippen LogP) is 2.79. The lowest BCUT2D eigenvalue weighted by Crippen LogP contribution is -2.32. The number of halogens is 3. The summed E-state index contributed by atoms with van der Waals surface area (Å²) in [5.41, 5.74) is 1.17. The Morgan fingerprint density at radius 2 is 1.54 bits per heavy atom. The Bertz CT molecular complexity index is 759. The number of carbonyl (C=O) groups is 2. The van der Waals surface area contributed by atoms with Crippen molar-refractivity contribution in [2.24, 2.45) is 5.10 Å². The van der Waals surface area contributed by atoms with Crippen LogP contribution in [0.3, 0.4) is 0 Å². The van der Waals surface area contributed by atoms with Gasteiger partial charge in [0, 0.05) is 11.3 Å². The molecule has 0 heterocycles. The minimum absolute atomic E-state index is 0.228. The molecule has 0 spiro atoms. The zero-order chi connectivity index (χ0) is 17.6. The molecule has 2 amide bonds. The average molecular weight is 335 g/mol. The van der Waals surface area contributed by atoms with Crippen LogP contribution >= 0.6 is 0 Å². The molecule has 0 unspecified atom stereocenters. The minimum Gasteiger partial charge on any atom is -0.318 e. The van der Waals surface area contributed by atoms with E-state index in [0.29, 0.717) is 5.69 Å². The highest BCUT2D eigenvalue weighted by atomic mass is 19.4. The zero-order valence-electron chi connectivity index (χ0n) is 12.2.